The summed E-state index contributed by atoms with van der Waals surface area (Å²) in [4.78, 5) is 5.33. The fourth-order valence-corrected chi connectivity index (χ4v) is 14.0. The number of furan rings is 2. The quantitative estimate of drug-likeness (QED) is 0.165. The highest BCUT2D eigenvalue weighted by molar-refractivity contribution is 7.32. The van der Waals surface area contributed by atoms with Crippen molar-refractivity contribution in [2.75, 3.05) is 9.71 Å². The molecule has 0 saturated heterocycles. The Balaban J connectivity index is 1.18. The molecule has 2 aliphatic heterocycles. The number of nitrogens with zero attached hydrogens (tertiary/aromatic N) is 2. The van der Waals surface area contributed by atoms with Gasteiger partial charge in [0.05, 0.1) is 16.8 Å². The molecule has 0 atom stereocenters. The van der Waals surface area contributed by atoms with Gasteiger partial charge in [-0.05, 0) is 135 Å². The van der Waals surface area contributed by atoms with Gasteiger partial charge in [-0.2, -0.15) is 0 Å². The zero-order valence-corrected chi connectivity index (χ0v) is 43.9. The molecule has 0 amide bonds. The Kier molecular flexibility index (Phi) is 8.99. The lowest BCUT2D eigenvalue weighted by molar-refractivity contribution is 0.332. The first-order chi connectivity index (χ1) is 34.5. The van der Waals surface area contributed by atoms with Crippen LogP contribution in [0.15, 0.2) is 160 Å². The molecule has 8 aromatic carbocycles. The van der Waals surface area contributed by atoms with Gasteiger partial charge in [0.2, 0.25) is 0 Å². The molecule has 0 N–H and O–H groups in total. The maximum Gasteiger partial charge on any atom is 0.343 e. The molecule has 0 bridgehead atoms. The molecular formula is C66H59BN2O2S. The van der Waals surface area contributed by atoms with E-state index in [-0.39, 0.29) is 28.5 Å². The Hall–Kier alpha value is -7.02. The van der Waals surface area contributed by atoms with Gasteiger partial charge in [-0.25, -0.2) is 0 Å². The molecule has 0 unspecified atom stereocenters. The normalized spacial score (nSPS) is 15.9. The molecule has 354 valence electrons. The molecule has 11 aromatic rings. The number of rotatable bonds is 3. The molecule has 0 saturated carbocycles. The molecule has 0 radical (unpaired) electrons. The van der Waals surface area contributed by atoms with Crippen LogP contribution in [0.25, 0.3) is 76.2 Å². The third-order valence-corrected chi connectivity index (χ3v) is 18.0. The Labute approximate surface area is 427 Å². The van der Waals surface area contributed by atoms with E-state index in [2.05, 4.69) is 231 Å². The van der Waals surface area contributed by atoms with Gasteiger partial charge in [-0.1, -0.05) is 154 Å². The third kappa shape index (κ3) is 6.17. The van der Waals surface area contributed by atoms with E-state index >= 15 is 0 Å². The molecule has 72 heavy (non-hydrogen) atoms. The van der Waals surface area contributed by atoms with Crippen molar-refractivity contribution in [1.29, 1.82) is 0 Å². The molecule has 1 aliphatic carbocycles. The van der Waals surface area contributed by atoms with Crippen molar-refractivity contribution in [2.24, 2.45) is 0 Å². The SMILES string of the molecule is CC(C)(C)c1ccc(N2B3c4sc5ccccc5c4N(c4ccc(C(C)(C)C)cc4-c4ccccc4)c4cc5c(oc6ccccc65)c(c43)-c3ccc4oc5cc6c(cc5c4c32)C(C)(C)CCC6(C)C)cc1. The fourth-order valence-electron chi connectivity index (χ4n) is 12.7. The van der Waals surface area contributed by atoms with Gasteiger partial charge in [0.15, 0.2) is 0 Å². The lowest BCUT2D eigenvalue weighted by atomic mass is 9.46. The summed E-state index contributed by atoms with van der Waals surface area (Å²) in [5, 5.41) is 5.80. The van der Waals surface area contributed by atoms with E-state index in [0.29, 0.717) is 0 Å². The molecule has 14 rings (SSSR count). The molecule has 4 nitrogen and oxygen atoms in total. The summed E-state index contributed by atoms with van der Waals surface area (Å²) in [5.41, 5.74) is 20.9. The Morgan fingerprint density at radius 2 is 1.19 bits per heavy atom. The summed E-state index contributed by atoms with van der Waals surface area (Å²) in [6, 6.07) is 57.3. The number of hydrogen-bond donors (Lipinski definition) is 0. The summed E-state index contributed by atoms with van der Waals surface area (Å²) in [5.74, 6) is 0. The first kappa shape index (κ1) is 43.7. The van der Waals surface area contributed by atoms with Crippen LogP contribution < -0.4 is 20.0 Å². The highest BCUT2D eigenvalue weighted by Gasteiger charge is 2.50. The minimum atomic E-state index is -0.221. The van der Waals surface area contributed by atoms with Crippen molar-refractivity contribution < 1.29 is 8.83 Å². The third-order valence-electron chi connectivity index (χ3n) is 16.8. The summed E-state index contributed by atoms with van der Waals surface area (Å²) < 4.78 is 17.0. The molecule has 0 spiro atoms. The van der Waals surface area contributed by atoms with E-state index < -0.39 is 0 Å². The second-order valence-corrected chi connectivity index (χ2v) is 25.4. The monoisotopic (exact) mass is 954 g/mol. The van der Waals surface area contributed by atoms with Crippen LogP contribution in [0.4, 0.5) is 28.4 Å². The van der Waals surface area contributed by atoms with Crippen LogP contribution in [0.5, 0.6) is 0 Å². The maximum atomic E-state index is 7.26. The number of hydrogen-bond acceptors (Lipinski definition) is 5. The summed E-state index contributed by atoms with van der Waals surface area (Å²) in [6.07, 6.45) is 2.28. The van der Waals surface area contributed by atoms with Crippen LogP contribution in [0, 0.1) is 0 Å². The Bertz CT molecular complexity index is 4080. The van der Waals surface area contributed by atoms with Crippen molar-refractivity contribution in [1.82, 2.24) is 0 Å². The van der Waals surface area contributed by atoms with Gasteiger partial charge >= 0.3 is 6.85 Å². The minimum absolute atomic E-state index is 0.0122. The zero-order valence-electron chi connectivity index (χ0n) is 43.0. The molecule has 5 heterocycles. The second kappa shape index (κ2) is 14.8. The van der Waals surface area contributed by atoms with Gasteiger partial charge in [-0.15, -0.1) is 11.3 Å². The molecule has 6 heteroatoms. The van der Waals surface area contributed by atoms with Crippen LogP contribution in [-0.2, 0) is 21.7 Å². The number of fused-ring (bicyclic) bond motifs is 15. The first-order valence-electron chi connectivity index (χ1n) is 25.9. The van der Waals surface area contributed by atoms with Gasteiger partial charge in [0.1, 0.15) is 22.3 Å². The number of thiophene rings is 1. The smallest absolute Gasteiger partial charge is 0.343 e. The summed E-state index contributed by atoms with van der Waals surface area (Å²) in [6.45, 7) is 23.3. The van der Waals surface area contributed by atoms with Crippen molar-refractivity contribution in [3.63, 3.8) is 0 Å². The standard InChI is InChI=1S/C66H59BN2O2S/c1-63(2,3)39-24-27-41(28-25-39)69-59-44(29-31-53-56(59)47-35-48-49(37-54(47)70-53)66(9,10)33-32-65(48,7)8)57-58-51(36-46-42-20-14-16-22-52(42)71-61(46)57)68(60-43-21-15-17-23-55(43)72-62(60)67(58)69)50-30-26-40(64(4,5)6)34-45(50)38-18-12-11-13-19-38/h11-31,34-37H,32-33H2,1-10H3. The summed E-state index contributed by atoms with van der Waals surface area (Å²) >= 11 is 1.93. The van der Waals surface area contributed by atoms with Crippen LogP contribution in [0.3, 0.4) is 0 Å². The number of para-hydroxylation sites is 1. The van der Waals surface area contributed by atoms with Crippen molar-refractivity contribution in [3.05, 3.63) is 174 Å². The van der Waals surface area contributed by atoms with Crippen molar-refractivity contribution in [2.45, 2.75) is 104 Å². The number of anilines is 5. The van der Waals surface area contributed by atoms with E-state index in [4.69, 9.17) is 8.83 Å². The van der Waals surface area contributed by atoms with Gasteiger partial charge in [0.25, 0.3) is 0 Å². The van der Waals surface area contributed by atoms with Gasteiger partial charge in [0, 0.05) is 64.8 Å². The summed E-state index contributed by atoms with van der Waals surface area (Å²) in [7, 11) is 0. The van der Waals surface area contributed by atoms with Crippen LogP contribution >= 0.6 is 11.3 Å². The largest absolute Gasteiger partial charge is 0.456 e. The van der Waals surface area contributed by atoms with Crippen molar-refractivity contribution in [3.8, 4) is 22.3 Å². The molecule has 3 aliphatic rings. The Morgan fingerprint density at radius 1 is 0.528 bits per heavy atom. The van der Waals surface area contributed by atoms with E-state index in [9.17, 15) is 0 Å². The Morgan fingerprint density at radius 3 is 1.93 bits per heavy atom. The average Bonchev–Trinajstić information content (AvgIpc) is 4.06. The van der Waals surface area contributed by atoms with Crippen LogP contribution in [-0.4, -0.2) is 6.85 Å². The predicted molar refractivity (Wildman–Crippen MR) is 308 cm³/mol. The highest BCUT2D eigenvalue weighted by atomic mass is 32.1. The van der Waals surface area contributed by atoms with Gasteiger partial charge in [-0.3, -0.25) is 0 Å². The topological polar surface area (TPSA) is 32.8 Å². The second-order valence-electron chi connectivity index (χ2n) is 24.3. The highest BCUT2D eigenvalue weighted by Crippen LogP contribution is 2.57. The zero-order chi connectivity index (χ0) is 49.4. The first-order valence-corrected chi connectivity index (χ1v) is 26.7. The molecular weight excluding hydrogens is 896 g/mol. The molecule has 3 aromatic heterocycles. The van der Waals surface area contributed by atoms with E-state index in [1.807, 2.05) is 11.3 Å². The van der Waals surface area contributed by atoms with Crippen LogP contribution in [0.2, 0.25) is 0 Å². The van der Waals surface area contributed by atoms with Gasteiger partial charge < -0.3 is 18.5 Å². The van der Waals surface area contributed by atoms with Crippen LogP contribution in [0.1, 0.15) is 104 Å². The maximum absolute atomic E-state index is 7.26. The molecule has 0 fully saturated rings. The van der Waals surface area contributed by atoms with E-state index in [0.717, 1.165) is 79.5 Å². The average molecular weight is 955 g/mol. The fraction of sp³-hybridized carbons (Fsp3) is 0.242. The lowest BCUT2D eigenvalue weighted by Gasteiger charge is -2.45. The number of benzene rings is 8. The minimum Gasteiger partial charge on any atom is -0.456 e. The van der Waals surface area contributed by atoms with Crippen molar-refractivity contribution >= 4 is 111 Å². The predicted octanol–water partition coefficient (Wildman–Crippen LogP) is 18.0. The lowest BCUT2D eigenvalue weighted by Crippen LogP contribution is -2.60. The van der Waals surface area contributed by atoms with E-state index in [1.54, 1.807) is 0 Å². The van der Waals surface area contributed by atoms with E-state index in [1.165, 1.54) is 70.5 Å².